The van der Waals surface area contributed by atoms with E-state index in [0.717, 1.165) is 11.1 Å². The highest BCUT2D eigenvalue weighted by Gasteiger charge is 2.44. The Morgan fingerprint density at radius 3 is 2.23 bits per heavy atom. The van der Waals surface area contributed by atoms with Crippen molar-refractivity contribution in [2.75, 3.05) is 46.5 Å². The molecule has 0 radical (unpaired) electrons. The first kappa shape index (κ1) is 27.8. The van der Waals surface area contributed by atoms with Gasteiger partial charge in [-0.05, 0) is 24.1 Å². The number of ether oxygens (including phenoxy) is 5. The Morgan fingerprint density at radius 1 is 0.872 bits per heavy atom. The molecule has 4 rings (SSSR count). The minimum absolute atomic E-state index is 0.198. The SMILES string of the molecule is C=C1C(=O)N(c2cc(OC)c(OC)c(OC)c2)[C@H]1c1ccc(OC)cc1OCCCNOCc1ccccc1. The van der Waals surface area contributed by atoms with Gasteiger partial charge in [-0.25, -0.2) is 5.48 Å². The molecule has 9 nitrogen and oxygen atoms in total. The Kier molecular flexibility index (Phi) is 9.30. The maximum Gasteiger partial charge on any atom is 0.256 e. The topological polar surface area (TPSA) is 87.7 Å². The molecular weight excluding hydrogens is 500 g/mol. The van der Waals surface area contributed by atoms with E-state index in [-0.39, 0.29) is 5.91 Å². The van der Waals surface area contributed by atoms with Gasteiger partial charge in [-0.2, -0.15) is 0 Å². The number of amides is 1. The fourth-order valence-electron chi connectivity index (χ4n) is 4.38. The van der Waals surface area contributed by atoms with Gasteiger partial charge < -0.3 is 23.7 Å². The number of hydroxylamine groups is 1. The molecule has 206 valence electrons. The molecule has 0 aliphatic carbocycles. The average Bonchev–Trinajstić information content (AvgIpc) is 2.98. The highest BCUT2D eigenvalue weighted by atomic mass is 16.6. The van der Waals surface area contributed by atoms with Crippen molar-refractivity contribution in [2.24, 2.45) is 0 Å². The lowest BCUT2D eigenvalue weighted by Gasteiger charge is -2.43. The van der Waals surface area contributed by atoms with Crippen LogP contribution in [0, 0.1) is 0 Å². The van der Waals surface area contributed by atoms with E-state index in [9.17, 15) is 4.79 Å². The first-order valence-corrected chi connectivity index (χ1v) is 12.5. The normalized spacial score (nSPS) is 14.6. The van der Waals surface area contributed by atoms with Crippen molar-refractivity contribution in [3.8, 4) is 28.7 Å². The summed E-state index contributed by atoms with van der Waals surface area (Å²) < 4.78 is 28.0. The molecule has 3 aromatic carbocycles. The lowest BCUT2D eigenvalue weighted by molar-refractivity contribution is -0.119. The lowest BCUT2D eigenvalue weighted by Crippen LogP contribution is -2.49. The van der Waals surface area contributed by atoms with Crippen LogP contribution < -0.4 is 34.1 Å². The van der Waals surface area contributed by atoms with Crippen LogP contribution in [-0.2, 0) is 16.2 Å². The summed E-state index contributed by atoms with van der Waals surface area (Å²) in [5.41, 5.74) is 5.90. The van der Waals surface area contributed by atoms with Crippen LogP contribution in [0.25, 0.3) is 0 Å². The third-order valence-electron chi connectivity index (χ3n) is 6.39. The standard InChI is InChI=1S/C30H34N2O7/c1-20-28(32(30(20)33)22-16-26(35-3)29(37-5)27(17-22)36-4)24-13-12-23(34-2)18-25(24)38-15-9-14-31-39-19-21-10-7-6-8-11-21/h6-8,10-13,16-18,28,31H,1,9,14-15,19H2,2-5H3/t28-/m1/s1. The number of anilines is 1. The Balaban J connectivity index is 1.47. The van der Waals surface area contributed by atoms with Crippen LogP contribution in [0.4, 0.5) is 5.69 Å². The van der Waals surface area contributed by atoms with E-state index in [2.05, 4.69) is 12.1 Å². The number of hydrogen-bond acceptors (Lipinski definition) is 8. The first-order valence-electron chi connectivity index (χ1n) is 12.5. The van der Waals surface area contributed by atoms with E-state index in [1.165, 1.54) is 21.3 Å². The number of carbonyl (C=O) groups excluding carboxylic acids is 1. The van der Waals surface area contributed by atoms with Crippen molar-refractivity contribution in [3.05, 3.63) is 83.9 Å². The van der Waals surface area contributed by atoms with Gasteiger partial charge in [0.05, 0.1) is 53.4 Å². The number of carbonyl (C=O) groups is 1. The predicted molar refractivity (Wildman–Crippen MR) is 148 cm³/mol. The average molecular weight is 535 g/mol. The van der Waals surface area contributed by atoms with Gasteiger partial charge in [0.25, 0.3) is 5.91 Å². The quantitative estimate of drug-likeness (QED) is 0.136. The summed E-state index contributed by atoms with van der Waals surface area (Å²) in [5, 5.41) is 0. The summed E-state index contributed by atoms with van der Waals surface area (Å²) in [6.45, 7) is 5.56. The van der Waals surface area contributed by atoms with Crippen LogP contribution in [-0.4, -0.2) is 47.5 Å². The molecule has 1 atom stereocenters. The van der Waals surface area contributed by atoms with Gasteiger partial charge in [-0.1, -0.05) is 36.9 Å². The van der Waals surface area contributed by atoms with E-state index < -0.39 is 6.04 Å². The second-order valence-corrected chi connectivity index (χ2v) is 8.76. The first-order chi connectivity index (χ1) is 19.0. The molecule has 39 heavy (non-hydrogen) atoms. The van der Waals surface area contributed by atoms with E-state index in [0.29, 0.717) is 66.2 Å². The molecule has 1 amide bonds. The van der Waals surface area contributed by atoms with Gasteiger partial charge in [-0.15, -0.1) is 0 Å². The molecule has 3 aromatic rings. The number of nitrogens with one attached hydrogen (secondary N) is 1. The van der Waals surface area contributed by atoms with Crippen molar-refractivity contribution in [1.29, 1.82) is 0 Å². The van der Waals surface area contributed by atoms with Crippen LogP contribution in [0.3, 0.4) is 0 Å². The zero-order valence-corrected chi connectivity index (χ0v) is 22.7. The molecule has 9 heteroatoms. The minimum atomic E-state index is -0.437. The van der Waals surface area contributed by atoms with Gasteiger partial charge in [0.2, 0.25) is 5.75 Å². The third kappa shape index (κ3) is 6.10. The number of hydrogen-bond donors (Lipinski definition) is 1. The molecule has 0 bridgehead atoms. The summed E-state index contributed by atoms with van der Waals surface area (Å²) >= 11 is 0. The molecule has 1 saturated heterocycles. The molecule has 0 saturated carbocycles. The Hall–Kier alpha value is -4.21. The van der Waals surface area contributed by atoms with Crippen LogP contribution >= 0.6 is 0 Å². The molecule has 1 aliphatic rings. The largest absolute Gasteiger partial charge is 0.497 e. The van der Waals surface area contributed by atoms with E-state index >= 15 is 0 Å². The smallest absolute Gasteiger partial charge is 0.256 e. The number of rotatable bonds is 14. The summed E-state index contributed by atoms with van der Waals surface area (Å²) in [7, 11) is 6.20. The van der Waals surface area contributed by atoms with E-state index in [1.54, 1.807) is 24.1 Å². The second-order valence-electron chi connectivity index (χ2n) is 8.76. The third-order valence-corrected chi connectivity index (χ3v) is 6.39. The highest BCUT2D eigenvalue weighted by Crippen LogP contribution is 2.49. The maximum absolute atomic E-state index is 13.0. The molecular formula is C30H34N2O7. The zero-order valence-electron chi connectivity index (χ0n) is 22.7. The van der Waals surface area contributed by atoms with Gasteiger partial charge in [-0.3, -0.25) is 14.5 Å². The fourth-order valence-corrected chi connectivity index (χ4v) is 4.38. The Morgan fingerprint density at radius 2 is 1.59 bits per heavy atom. The predicted octanol–water partition coefficient (Wildman–Crippen LogP) is 4.86. The van der Waals surface area contributed by atoms with Crippen LogP contribution in [0.2, 0.25) is 0 Å². The lowest BCUT2D eigenvalue weighted by atomic mass is 9.87. The van der Waals surface area contributed by atoms with Gasteiger partial charge in [0, 0.05) is 35.9 Å². The molecule has 1 N–H and O–H groups in total. The van der Waals surface area contributed by atoms with Crippen molar-refractivity contribution in [1.82, 2.24) is 5.48 Å². The zero-order chi connectivity index (χ0) is 27.8. The summed E-state index contributed by atoms with van der Waals surface area (Å²) in [4.78, 5) is 20.2. The summed E-state index contributed by atoms with van der Waals surface area (Å²) in [6, 6.07) is 18.5. The van der Waals surface area contributed by atoms with Gasteiger partial charge in [0.1, 0.15) is 11.5 Å². The number of methoxy groups -OCH3 is 4. The molecule has 1 fully saturated rings. The molecule has 0 spiro atoms. The van der Waals surface area contributed by atoms with E-state index in [4.69, 9.17) is 28.5 Å². The number of nitrogens with zero attached hydrogens (tertiary/aromatic N) is 1. The monoisotopic (exact) mass is 534 g/mol. The highest BCUT2D eigenvalue weighted by molar-refractivity contribution is 6.15. The van der Waals surface area contributed by atoms with Crippen molar-refractivity contribution >= 4 is 11.6 Å². The number of β-lactam (4-membered cyclic amide) rings is 1. The van der Waals surface area contributed by atoms with Crippen LogP contribution in [0.1, 0.15) is 23.6 Å². The molecule has 0 unspecified atom stereocenters. The molecule has 1 aliphatic heterocycles. The minimum Gasteiger partial charge on any atom is -0.497 e. The van der Waals surface area contributed by atoms with Crippen molar-refractivity contribution in [3.63, 3.8) is 0 Å². The molecule has 1 heterocycles. The number of benzene rings is 3. The maximum atomic E-state index is 13.0. The Labute approximate surface area is 228 Å². The van der Waals surface area contributed by atoms with Gasteiger partial charge in [0.15, 0.2) is 11.5 Å². The van der Waals surface area contributed by atoms with Crippen molar-refractivity contribution < 1.29 is 33.3 Å². The van der Waals surface area contributed by atoms with Crippen LogP contribution in [0.15, 0.2) is 72.8 Å². The van der Waals surface area contributed by atoms with E-state index in [1.807, 2.05) is 48.5 Å². The second kappa shape index (κ2) is 13.0. The molecule has 0 aromatic heterocycles. The summed E-state index contributed by atoms with van der Waals surface area (Å²) in [6.07, 6.45) is 0.701. The Bertz CT molecular complexity index is 1270. The van der Waals surface area contributed by atoms with Crippen molar-refractivity contribution in [2.45, 2.75) is 19.1 Å². The van der Waals surface area contributed by atoms with Crippen LogP contribution in [0.5, 0.6) is 28.7 Å². The fraction of sp³-hybridized carbons (Fsp3) is 0.300. The van der Waals surface area contributed by atoms with Gasteiger partial charge >= 0.3 is 0 Å². The summed E-state index contributed by atoms with van der Waals surface area (Å²) in [5.74, 6) is 2.40.